The van der Waals surface area contributed by atoms with Crippen LogP contribution in [0.25, 0.3) is 0 Å². The Bertz CT molecular complexity index is 388. The highest BCUT2D eigenvalue weighted by molar-refractivity contribution is 5.28. The Morgan fingerprint density at radius 2 is 2.20 bits per heavy atom. The molecule has 20 heavy (non-hydrogen) atoms. The predicted molar refractivity (Wildman–Crippen MR) is 84.2 cm³/mol. The number of hydrogen-bond donors (Lipinski definition) is 1. The summed E-state index contributed by atoms with van der Waals surface area (Å²) in [5.74, 6) is 0.983. The topological polar surface area (TPSA) is 24.5 Å². The summed E-state index contributed by atoms with van der Waals surface area (Å²) in [5, 5.41) is 3.63. The van der Waals surface area contributed by atoms with E-state index in [1.165, 1.54) is 31.4 Å². The third-order valence-electron chi connectivity index (χ3n) is 3.95. The first-order chi connectivity index (χ1) is 9.81. The van der Waals surface area contributed by atoms with Crippen molar-refractivity contribution in [3.05, 3.63) is 29.8 Å². The normalized spacial score (nSPS) is 19.2. The molecule has 1 aliphatic rings. The number of hydrogen-bond acceptors (Lipinski definition) is 3. The Balaban J connectivity index is 1.89. The molecule has 1 N–H and O–H groups in total. The Kier molecular flexibility index (Phi) is 6.34. The van der Waals surface area contributed by atoms with Crippen LogP contribution >= 0.6 is 0 Å². The van der Waals surface area contributed by atoms with Crippen molar-refractivity contribution in [2.45, 2.75) is 45.7 Å². The van der Waals surface area contributed by atoms with Crippen LogP contribution in [0.2, 0.25) is 0 Å². The van der Waals surface area contributed by atoms with E-state index < -0.39 is 0 Å². The second-order valence-corrected chi connectivity index (χ2v) is 5.55. The van der Waals surface area contributed by atoms with Gasteiger partial charge in [-0.3, -0.25) is 4.90 Å². The van der Waals surface area contributed by atoms with Crippen molar-refractivity contribution in [3.63, 3.8) is 0 Å². The molecule has 0 saturated carbocycles. The molecule has 1 aliphatic heterocycles. The largest absolute Gasteiger partial charge is 0.494 e. The average molecular weight is 276 g/mol. The standard InChI is InChI=1S/C17H28N2O/c1-3-19(14-16-9-5-6-11-18-16)13-15-8-7-10-17(12-15)20-4-2/h7-8,10,12,16,18H,3-6,9,11,13-14H2,1-2H3. The van der Waals surface area contributed by atoms with Gasteiger partial charge in [0.05, 0.1) is 6.61 Å². The van der Waals surface area contributed by atoms with Crippen molar-refractivity contribution in [2.24, 2.45) is 0 Å². The van der Waals surface area contributed by atoms with E-state index in [0.29, 0.717) is 6.04 Å². The minimum Gasteiger partial charge on any atom is -0.494 e. The molecule has 1 fully saturated rings. The number of piperidine rings is 1. The molecule has 2 rings (SSSR count). The quantitative estimate of drug-likeness (QED) is 0.828. The Labute approximate surface area is 123 Å². The van der Waals surface area contributed by atoms with Gasteiger partial charge in [-0.05, 0) is 50.6 Å². The van der Waals surface area contributed by atoms with E-state index in [9.17, 15) is 0 Å². The molecular weight excluding hydrogens is 248 g/mol. The lowest BCUT2D eigenvalue weighted by Gasteiger charge is -2.30. The molecule has 1 aromatic rings. The summed E-state index contributed by atoms with van der Waals surface area (Å²) in [6.07, 6.45) is 4.02. The van der Waals surface area contributed by atoms with E-state index in [0.717, 1.165) is 32.0 Å². The highest BCUT2D eigenvalue weighted by atomic mass is 16.5. The summed E-state index contributed by atoms with van der Waals surface area (Å²) in [4.78, 5) is 2.52. The number of nitrogens with one attached hydrogen (secondary N) is 1. The van der Waals surface area contributed by atoms with Crippen molar-refractivity contribution in [1.29, 1.82) is 0 Å². The number of ether oxygens (including phenoxy) is 1. The van der Waals surface area contributed by atoms with Crippen molar-refractivity contribution >= 4 is 0 Å². The van der Waals surface area contributed by atoms with Gasteiger partial charge in [0.1, 0.15) is 5.75 Å². The van der Waals surface area contributed by atoms with Crippen LogP contribution in [0.4, 0.5) is 0 Å². The molecule has 0 amide bonds. The molecular formula is C17H28N2O. The second-order valence-electron chi connectivity index (χ2n) is 5.55. The summed E-state index contributed by atoms with van der Waals surface area (Å²) in [6, 6.07) is 9.15. The first kappa shape index (κ1) is 15.3. The van der Waals surface area contributed by atoms with Gasteiger partial charge >= 0.3 is 0 Å². The van der Waals surface area contributed by atoms with Gasteiger partial charge in [0.15, 0.2) is 0 Å². The van der Waals surface area contributed by atoms with Gasteiger partial charge < -0.3 is 10.1 Å². The fourth-order valence-corrected chi connectivity index (χ4v) is 2.86. The van der Waals surface area contributed by atoms with Gasteiger partial charge in [0.25, 0.3) is 0 Å². The molecule has 3 heteroatoms. The molecule has 0 aliphatic carbocycles. The van der Waals surface area contributed by atoms with E-state index in [4.69, 9.17) is 4.74 Å². The summed E-state index contributed by atoms with van der Waals surface area (Å²) in [5.41, 5.74) is 1.34. The number of nitrogens with zero attached hydrogens (tertiary/aromatic N) is 1. The second kappa shape index (κ2) is 8.28. The lowest BCUT2D eigenvalue weighted by molar-refractivity contribution is 0.226. The fraction of sp³-hybridized carbons (Fsp3) is 0.647. The van der Waals surface area contributed by atoms with Gasteiger partial charge in [-0.2, -0.15) is 0 Å². The van der Waals surface area contributed by atoms with Crippen LogP contribution in [0.3, 0.4) is 0 Å². The minimum atomic E-state index is 0.666. The van der Waals surface area contributed by atoms with Crippen molar-refractivity contribution < 1.29 is 4.74 Å². The first-order valence-electron chi connectivity index (χ1n) is 7.99. The Hall–Kier alpha value is -1.06. The van der Waals surface area contributed by atoms with E-state index in [1.807, 2.05) is 13.0 Å². The van der Waals surface area contributed by atoms with Crippen LogP contribution in [0.1, 0.15) is 38.7 Å². The van der Waals surface area contributed by atoms with Crippen LogP contribution in [-0.2, 0) is 6.54 Å². The zero-order valence-corrected chi connectivity index (χ0v) is 12.9. The van der Waals surface area contributed by atoms with Crippen LogP contribution in [0, 0.1) is 0 Å². The smallest absolute Gasteiger partial charge is 0.119 e. The van der Waals surface area contributed by atoms with E-state index >= 15 is 0 Å². The minimum absolute atomic E-state index is 0.666. The van der Waals surface area contributed by atoms with Crippen LogP contribution < -0.4 is 10.1 Å². The maximum Gasteiger partial charge on any atom is 0.119 e. The Morgan fingerprint density at radius 3 is 2.90 bits per heavy atom. The monoisotopic (exact) mass is 276 g/mol. The van der Waals surface area contributed by atoms with Gasteiger partial charge in [-0.1, -0.05) is 25.5 Å². The summed E-state index contributed by atoms with van der Waals surface area (Å²) in [7, 11) is 0. The molecule has 3 nitrogen and oxygen atoms in total. The Morgan fingerprint density at radius 1 is 1.30 bits per heavy atom. The third kappa shape index (κ3) is 4.80. The molecule has 0 aromatic heterocycles. The van der Waals surface area contributed by atoms with E-state index in [2.05, 4.69) is 35.3 Å². The summed E-state index contributed by atoms with van der Waals surface area (Å²) < 4.78 is 5.58. The first-order valence-corrected chi connectivity index (χ1v) is 7.99. The zero-order chi connectivity index (χ0) is 14.2. The van der Waals surface area contributed by atoms with Crippen molar-refractivity contribution in [1.82, 2.24) is 10.2 Å². The number of benzene rings is 1. The van der Waals surface area contributed by atoms with Crippen molar-refractivity contribution in [2.75, 3.05) is 26.2 Å². The summed E-state index contributed by atoms with van der Waals surface area (Å²) >= 11 is 0. The molecule has 0 bridgehead atoms. The van der Waals surface area contributed by atoms with E-state index in [1.54, 1.807) is 0 Å². The lowest BCUT2D eigenvalue weighted by Crippen LogP contribution is -2.43. The maximum absolute atomic E-state index is 5.58. The molecule has 0 spiro atoms. The molecule has 1 aromatic carbocycles. The summed E-state index contributed by atoms with van der Waals surface area (Å²) in [6.45, 7) is 9.44. The highest BCUT2D eigenvalue weighted by Gasteiger charge is 2.15. The number of likely N-dealkylation sites (N-methyl/N-ethyl adjacent to an activating group) is 1. The molecule has 1 atom stereocenters. The molecule has 1 heterocycles. The SMILES string of the molecule is CCOc1cccc(CN(CC)CC2CCCCN2)c1. The molecule has 1 unspecified atom stereocenters. The highest BCUT2D eigenvalue weighted by Crippen LogP contribution is 2.16. The van der Waals surface area contributed by atoms with E-state index in [-0.39, 0.29) is 0 Å². The van der Waals surface area contributed by atoms with Gasteiger partial charge in [0.2, 0.25) is 0 Å². The lowest BCUT2D eigenvalue weighted by atomic mass is 10.0. The average Bonchev–Trinajstić information content (AvgIpc) is 2.48. The van der Waals surface area contributed by atoms with Crippen LogP contribution in [-0.4, -0.2) is 37.2 Å². The molecule has 0 radical (unpaired) electrons. The van der Waals surface area contributed by atoms with Gasteiger partial charge in [0, 0.05) is 19.1 Å². The zero-order valence-electron chi connectivity index (χ0n) is 12.9. The maximum atomic E-state index is 5.58. The van der Waals surface area contributed by atoms with Crippen LogP contribution in [0.15, 0.2) is 24.3 Å². The van der Waals surface area contributed by atoms with Crippen LogP contribution in [0.5, 0.6) is 5.75 Å². The number of rotatable bonds is 7. The molecule has 1 saturated heterocycles. The third-order valence-corrected chi connectivity index (χ3v) is 3.95. The molecule has 112 valence electrons. The van der Waals surface area contributed by atoms with Gasteiger partial charge in [-0.25, -0.2) is 0 Å². The van der Waals surface area contributed by atoms with Crippen molar-refractivity contribution in [3.8, 4) is 5.75 Å². The predicted octanol–water partition coefficient (Wildman–Crippen LogP) is 3.05. The van der Waals surface area contributed by atoms with Gasteiger partial charge in [-0.15, -0.1) is 0 Å². The fourth-order valence-electron chi connectivity index (χ4n) is 2.86.